The van der Waals surface area contributed by atoms with Gasteiger partial charge in [-0.2, -0.15) is 0 Å². The molecule has 0 aliphatic carbocycles. The van der Waals surface area contributed by atoms with Crippen LogP contribution in [0, 0.1) is 5.82 Å². The third-order valence-corrected chi connectivity index (χ3v) is 3.93. The predicted octanol–water partition coefficient (Wildman–Crippen LogP) is 4.41. The number of benzene rings is 2. The molecule has 5 heteroatoms. The Labute approximate surface area is 128 Å². The van der Waals surface area contributed by atoms with Crippen LogP contribution in [0.3, 0.4) is 0 Å². The molecule has 2 aromatic rings. The minimum atomic E-state index is -0.385. The molecule has 0 saturated carbocycles. The summed E-state index contributed by atoms with van der Waals surface area (Å²) in [6, 6.07) is 9.99. The minimum Gasteiger partial charge on any atom is -0.496 e. The normalized spacial score (nSPS) is 12.3. The molecule has 0 aromatic heterocycles. The number of halogens is 3. The summed E-state index contributed by atoms with van der Waals surface area (Å²) in [5.74, 6) is 0.397. The van der Waals surface area contributed by atoms with E-state index in [0.29, 0.717) is 10.2 Å². The molecule has 0 spiro atoms. The van der Waals surface area contributed by atoms with Gasteiger partial charge in [0, 0.05) is 10.0 Å². The zero-order valence-electron chi connectivity index (χ0n) is 10.2. The summed E-state index contributed by atoms with van der Waals surface area (Å²) in [5, 5.41) is 0. The quantitative estimate of drug-likeness (QED) is 0.845. The van der Waals surface area contributed by atoms with Crippen molar-refractivity contribution in [1.82, 2.24) is 0 Å². The summed E-state index contributed by atoms with van der Waals surface area (Å²) in [4.78, 5) is 0. The molecular weight excluding hydrogens is 377 g/mol. The van der Waals surface area contributed by atoms with Gasteiger partial charge in [-0.15, -0.1) is 0 Å². The van der Waals surface area contributed by atoms with Crippen LogP contribution in [-0.4, -0.2) is 7.11 Å². The van der Waals surface area contributed by atoms with Crippen molar-refractivity contribution in [3.8, 4) is 5.75 Å². The fourth-order valence-corrected chi connectivity index (χ4v) is 2.61. The highest BCUT2D eigenvalue weighted by molar-refractivity contribution is 9.10. The average Bonchev–Trinajstić information content (AvgIpc) is 2.41. The van der Waals surface area contributed by atoms with Gasteiger partial charge in [0.25, 0.3) is 0 Å². The zero-order valence-corrected chi connectivity index (χ0v) is 13.3. The average molecular weight is 389 g/mol. The molecule has 0 radical (unpaired) electrons. The van der Waals surface area contributed by atoms with Crippen molar-refractivity contribution in [2.45, 2.75) is 6.04 Å². The van der Waals surface area contributed by atoms with E-state index in [0.717, 1.165) is 15.6 Å². The largest absolute Gasteiger partial charge is 0.496 e. The summed E-state index contributed by atoms with van der Waals surface area (Å²) in [6.07, 6.45) is 0. The molecule has 1 atom stereocenters. The minimum absolute atomic E-state index is 0.308. The second-order valence-corrected chi connectivity index (χ2v) is 5.81. The smallest absolute Gasteiger partial charge is 0.137 e. The first-order valence-corrected chi connectivity index (χ1v) is 7.15. The molecule has 0 fully saturated rings. The standard InChI is InChI=1S/C14H12Br2FNO/c1-19-13-5-3-9(15)7-10(13)14(18)8-2-4-12(17)11(16)6-8/h2-7,14H,18H2,1H3. The maximum absolute atomic E-state index is 13.3. The van der Waals surface area contributed by atoms with E-state index in [-0.39, 0.29) is 11.9 Å². The number of hydrogen-bond donors (Lipinski definition) is 1. The van der Waals surface area contributed by atoms with Crippen LogP contribution in [0.1, 0.15) is 17.2 Å². The van der Waals surface area contributed by atoms with Crippen molar-refractivity contribution < 1.29 is 9.13 Å². The summed E-state index contributed by atoms with van der Waals surface area (Å²) in [7, 11) is 1.60. The van der Waals surface area contributed by atoms with E-state index in [1.165, 1.54) is 6.07 Å². The fourth-order valence-electron chi connectivity index (χ4n) is 1.83. The number of methoxy groups -OCH3 is 1. The van der Waals surface area contributed by atoms with E-state index in [4.69, 9.17) is 10.5 Å². The van der Waals surface area contributed by atoms with Gasteiger partial charge in [0.1, 0.15) is 11.6 Å². The van der Waals surface area contributed by atoms with Gasteiger partial charge in [0.05, 0.1) is 17.6 Å². The molecule has 2 nitrogen and oxygen atoms in total. The fraction of sp³-hybridized carbons (Fsp3) is 0.143. The molecule has 0 aliphatic heterocycles. The maximum atomic E-state index is 13.3. The van der Waals surface area contributed by atoms with Crippen LogP contribution >= 0.6 is 31.9 Å². The highest BCUT2D eigenvalue weighted by Crippen LogP contribution is 2.32. The van der Waals surface area contributed by atoms with Crippen molar-refractivity contribution in [2.75, 3.05) is 7.11 Å². The Morgan fingerprint density at radius 3 is 2.53 bits per heavy atom. The Hall–Kier alpha value is -0.910. The van der Waals surface area contributed by atoms with Crippen molar-refractivity contribution in [1.29, 1.82) is 0 Å². The highest BCUT2D eigenvalue weighted by atomic mass is 79.9. The summed E-state index contributed by atoms with van der Waals surface area (Å²) < 4.78 is 19.9. The molecule has 2 aromatic carbocycles. The lowest BCUT2D eigenvalue weighted by Gasteiger charge is -2.17. The Morgan fingerprint density at radius 1 is 1.16 bits per heavy atom. The van der Waals surface area contributed by atoms with Crippen LogP contribution in [0.2, 0.25) is 0 Å². The van der Waals surface area contributed by atoms with Crippen molar-refractivity contribution in [3.05, 3.63) is 62.3 Å². The van der Waals surface area contributed by atoms with Crippen molar-refractivity contribution in [2.24, 2.45) is 5.73 Å². The number of ether oxygens (including phenoxy) is 1. The van der Waals surface area contributed by atoms with E-state index in [2.05, 4.69) is 31.9 Å². The van der Waals surface area contributed by atoms with E-state index in [1.54, 1.807) is 19.2 Å². The SMILES string of the molecule is COc1ccc(Br)cc1C(N)c1ccc(F)c(Br)c1. The van der Waals surface area contributed by atoms with Crippen LogP contribution in [0.4, 0.5) is 4.39 Å². The van der Waals surface area contributed by atoms with Gasteiger partial charge in [0.15, 0.2) is 0 Å². The molecule has 0 heterocycles. The third-order valence-electron chi connectivity index (χ3n) is 2.83. The first-order chi connectivity index (χ1) is 9.02. The Balaban J connectivity index is 2.45. The van der Waals surface area contributed by atoms with Crippen LogP contribution in [0.5, 0.6) is 5.75 Å². The molecule has 19 heavy (non-hydrogen) atoms. The van der Waals surface area contributed by atoms with Crippen LogP contribution in [0.15, 0.2) is 45.3 Å². The summed E-state index contributed by atoms with van der Waals surface area (Å²) in [6.45, 7) is 0. The molecule has 2 rings (SSSR count). The van der Waals surface area contributed by atoms with Gasteiger partial charge >= 0.3 is 0 Å². The number of hydrogen-bond acceptors (Lipinski definition) is 2. The van der Waals surface area contributed by atoms with Gasteiger partial charge in [-0.25, -0.2) is 4.39 Å². The topological polar surface area (TPSA) is 35.2 Å². The van der Waals surface area contributed by atoms with Crippen molar-refractivity contribution >= 4 is 31.9 Å². The number of rotatable bonds is 3. The Bertz CT molecular complexity index is 604. The molecule has 0 saturated heterocycles. The lowest BCUT2D eigenvalue weighted by Crippen LogP contribution is -2.13. The Kier molecular flexibility index (Phi) is 4.60. The van der Waals surface area contributed by atoms with Crippen LogP contribution < -0.4 is 10.5 Å². The first kappa shape index (κ1) is 14.5. The zero-order chi connectivity index (χ0) is 14.0. The number of nitrogens with two attached hydrogens (primary N) is 1. The Morgan fingerprint density at radius 2 is 1.89 bits per heavy atom. The first-order valence-electron chi connectivity index (χ1n) is 5.57. The molecule has 100 valence electrons. The van der Waals surface area contributed by atoms with Gasteiger partial charge in [0.2, 0.25) is 0 Å². The summed E-state index contributed by atoms with van der Waals surface area (Å²) in [5.41, 5.74) is 7.89. The van der Waals surface area contributed by atoms with E-state index >= 15 is 0 Å². The van der Waals surface area contributed by atoms with Crippen molar-refractivity contribution in [3.63, 3.8) is 0 Å². The monoisotopic (exact) mass is 387 g/mol. The molecular formula is C14H12Br2FNO. The van der Waals surface area contributed by atoms with Crippen LogP contribution in [-0.2, 0) is 0 Å². The molecule has 2 N–H and O–H groups in total. The van der Waals surface area contributed by atoms with Crippen LogP contribution in [0.25, 0.3) is 0 Å². The third kappa shape index (κ3) is 3.16. The second-order valence-electron chi connectivity index (χ2n) is 4.04. The van der Waals surface area contributed by atoms with E-state index < -0.39 is 0 Å². The summed E-state index contributed by atoms with van der Waals surface area (Å²) >= 11 is 6.58. The second kappa shape index (κ2) is 6.03. The molecule has 0 aliphatic rings. The molecule has 0 amide bonds. The van der Waals surface area contributed by atoms with Gasteiger partial charge in [-0.3, -0.25) is 0 Å². The molecule has 0 bridgehead atoms. The van der Waals surface area contributed by atoms with Gasteiger partial charge in [-0.1, -0.05) is 22.0 Å². The lowest BCUT2D eigenvalue weighted by molar-refractivity contribution is 0.407. The molecule has 1 unspecified atom stereocenters. The lowest BCUT2D eigenvalue weighted by atomic mass is 9.99. The maximum Gasteiger partial charge on any atom is 0.137 e. The predicted molar refractivity (Wildman–Crippen MR) is 80.8 cm³/mol. The highest BCUT2D eigenvalue weighted by Gasteiger charge is 2.15. The van der Waals surface area contributed by atoms with Gasteiger partial charge < -0.3 is 10.5 Å². The van der Waals surface area contributed by atoms with E-state index in [1.807, 2.05) is 18.2 Å². The van der Waals surface area contributed by atoms with E-state index in [9.17, 15) is 4.39 Å². The van der Waals surface area contributed by atoms with Gasteiger partial charge in [-0.05, 0) is 51.8 Å².